The lowest BCUT2D eigenvalue weighted by molar-refractivity contribution is 0.573. The van der Waals surface area contributed by atoms with Crippen molar-refractivity contribution in [3.05, 3.63) is 48.3 Å². The van der Waals surface area contributed by atoms with Gasteiger partial charge in [0.25, 0.3) is 0 Å². The zero-order valence-electron chi connectivity index (χ0n) is 15.3. The molecule has 0 unspecified atom stereocenters. The molecular formula is C21H25N5. The summed E-state index contributed by atoms with van der Waals surface area (Å²) >= 11 is 0. The van der Waals surface area contributed by atoms with Gasteiger partial charge in [-0.3, -0.25) is 4.98 Å². The van der Waals surface area contributed by atoms with Gasteiger partial charge in [0.2, 0.25) is 5.95 Å². The number of benzene rings is 1. The average Bonchev–Trinajstić information content (AvgIpc) is 2.69. The fourth-order valence-corrected chi connectivity index (χ4v) is 3.49. The van der Waals surface area contributed by atoms with Gasteiger partial charge in [0.05, 0.1) is 5.52 Å². The zero-order chi connectivity index (χ0) is 17.8. The Kier molecular flexibility index (Phi) is 4.95. The second-order valence-corrected chi connectivity index (χ2v) is 6.87. The van der Waals surface area contributed by atoms with Crippen molar-refractivity contribution in [1.29, 1.82) is 0 Å². The molecule has 0 atom stereocenters. The summed E-state index contributed by atoms with van der Waals surface area (Å²) in [7, 11) is 0. The Balaban J connectivity index is 1.63. The lowest BCUT2D eigenvalue weighted by Gasteiger charge is -2.28. The van der Waals surface area contributed by atoms with Gasteiger partial charge in [-0.15, -0.1) is 0 Å². The predicted octanol–water partition coefficient (Wildman–Crippen LogP) is 4.71. The molecule has 1 aliphatic rings. The summed E-state index contributed by atoms with van der Waals surface area (Å²) in [6.45, 7) is 4.36. The lowest BCUT2D eigenvalue weighted by Crippen LogP contribution is -2.30. The number of nitrogens with zero attached hydrogens (tertiary/aromatic N) is 4. The van der Waals surface area contributed by atoms with Gasteiger partial charge in [-0.2, -0.15) is 4.98 Å². The molecule has 0 radical (unpaired) electrons. The van der Waals surface area contributed by atoms with Gasteiger partial charge in [-0.1, -0.05) is 19.4 Å². The first-order chi connectivity index (χ1) is 12.8. The molecule has 1 N–H and O–H groups in total. The van der Waals surface area contributed by atoms with Gasteiger partial charge >= 0.3 is 0 Å². The van der Waals surface area contributed by atoms with Crippen molar-refractivity contribution >= 4 is 28.4 Å². The summed E-state index contributed by atoms with van der Waals surface area (Å²) in [4.78, 5) is 16.3. The molecule has 1 aliphatic heterocycles. The molecule has 0 spiro atoms. The average molecular weight is 347 g/mol. The maximum absolute atomic E-state index is 4.80. The summed E-state index contributed by atoms with van der Waals surface area (Å²) in [5.74, 6) is 1.73. The number of hydrogen-bond acceptors (Lipinski definition) is 5. The van der Waals surface area contributed by atoms with Crippen LogP contribution in [-0.4, -0.2) is 28.0 Å². The smallest absolute Gasteiger partial charge is 0.229 e. The van der Waals surface area contributed by atoms with Crippen LogP contribution < -0.4 is 10.2 Å². The van der Waals surface area contributed by atoms with E-state index in [1.54, 1.807) is 0 Å². The highest BCUT2D eigenvalue weighted by Gasteiger charge is 2.14. The largest absolute Gasteiger partial charge is 0.356 e. The van der Waals surface area contributed by atoms with Crippen LogP contribution in [0.5, 0.6) is 0 Å². The number of anilines is 3. The third-order valence-electron chi connectivity index (χ3n) is 4.81. The number of aromatic nitrogens is 3. The maximum Gasteiger partial charge on any atom is 0.229 e. The van der Waals surface area contributed by atoms with E-state index in [0.717, 1.165) is 54.0 Å². The summed E-state index contributed by atoms with van der Waals surface area (Å²) < 4.78 is 0. The van der Waals surface area contributed by atoms with Gasteiger partial charge in [0.15, 0.2) is 0 Å². The van der Waals surface area contributed by atoms with Crippen molar-refractivity contribution in [3.63, 3.8) is 0 Å². The standard InChI is InChI=1S/C21H25N5/c1-2-7-17-15-20(26-12-4-3-5-13-26)25-21(23-17)24-18-9-10-19-16(14-18)8-6-11-22-19/h6,8-11,14-15H,2-5,7,12-13H2,1H3,(H,23,24,25). The van der Waals surface area contributed by atoms with Crippen LogP contribution in [0.15, 0.2) is 42.6 Å². The fraction of sp³-hybridized carbons (Fsp3) is 0.381. The van der Waals surface area contributed by atoms with Crippen molar-refractivity contribution in [3.8, 4) is 0 Å². The minimum absolute atomic E-state index is 0.680. The van der Waals surface area contributed by atoms with Crippen molar-refractivity contribution in [2.45, 2.75) is 39.0 Å². The van der Waals surface area contributed by atoms with E-state index >= 15 is 0 Å². The SMILES string of the molecule is CCCc1cc(N2CCCCC2)nc(Nc2ccc3ncccc3c2)n1. The zero-order valence-corrected chi connectivity index (χ0v) is 15.3. The van der Waals surface area contributed by atoms with Crippen LogP contribution in [0.2, 0.25) is 0 Å². The molecule has 3 aromatic rings. The van der Waals surface area contributed by atoms with Crippen molar-refractivity contribution in [2.24, 2.45) is 0 Å². The normalized spacial score (nSPS) is 14.6. The van der Waals surface area contributed by atoms with Crippen LogP contribution in [0, 0.1) is 0 Å². The van der Waals surface area contributed by atoms with Crippen LogP contribution in [0.25, 0.3) is 10.9 Å². The summed E-state index contributed by atoms with van der Waals surface area (Å²) in [6, 6.07) is 12.3. The molecule has 5 heteroatoms. The minimum Gasteiger partial charge on any atom is -0.356 e. The molecule has 1 fully saturated rings. The number of hydrogen-bond donors (Lipinski definition) is 1. The molecule has 26 heavy (non-hydrogen) atoms. The molecule has 0 amide bonds. The van der Waals surface area contributed by atoms with Crippen LogP contribution in [-0.2, 0) is 6.42 Å². The Morgan fingerprint density at radius 3 is 2.77 bits per heavy atom. The van der Waals surface area contributed by atoms with Gasteiger partial charge in [0, 0.05) is 42.1 Å². The molecular weight excluding hydrogens is 322 g/mol. The van der Waals surface area contributed by atoms with E-state index < -0.39 is 0 Å². The lowest BCUT2D eigenvalue weighted by atomic mass is 10.1. The molecule has 3 heterocycles. The highest BCUT2D eigenvalue weighted by atomic mass is 15.2. The van der Waals surface area contributed by atoms with Gasteiger partial charge < -0.3 is 10.2 Å². The predicted molar refractivity (Wildman–Crippen MR) is 107 cm³/mol. The van der Waals surface area contributed by atoms with Gasteiger partial charge in [-0.25, -0.2) is 4.98 Å². The molecule has 134 valence electrons. The highest BCUT2D eigenvalue weighted by Crippen LogP contribution is 2.24. The van der Waals surface area contributed by atoms with Crippen molar-refractivity contribution in [2.75, 3.05) is 23.3 Å². The Morgan fingerprint density at radius 1 is 1.04 bits per heavy atom. The molecule has 1 saturated heterocycles. The maximum atomic E-state index is 4.80. The topological polar surface area (TPSA) is 53.9 Å². The number of piperidine rings is 1. The molecule has 2 aromatic heterocycles. The number of fused-ring (bicyclic) bond motifs is 1. The van der Waals surface area contributed by atoms with Gasteiger partial charge in [-0.05, 0) is 49.9 Å². The van der Waals surface area contributed by atoms with Crippen molar-refractivity contribution < 1.29 is 0 Å². The molecule has 0 bridgehead atoms. The first-order valence-corrected chi connectivity index (χ1v) is 9.56. The number of rotatable bonds is 5. The summed E-state index contributed by atoms with van der Waals surface area (Å²) in [6.07, 6.45) is 7.68. The monoisotopic (exact) mass is 347 g/mol. The van der Waals surface area contributed by atoms with E-state index in [9.17, 15) is 0 Å². The number of aryl methyl sites for hydroxylation is 1. The van der Waals surface area contributed by atoms with Crippen LogP contribution in [0.4, 0.5) is 17.5 Å². The Morgan fingerprint density at radius 2 is 1.92 bits per heavy atom. The first kappa shape index (κ1) is 16.8. The number of nitrogens with one attached hydrogen (secondary N) is 1. The summed E-state index contributed by atoms with van der Waals surface area (Å²) in [5.41, 5.74) is 3.09. The molecule has 1 aromatic carbocycles. The van der Waals surface area contributed by atoms with Gasteiger partial charge in [0.1, 0.15) is 5.82 Å². The Labute approximate surface area is 154 Å². The van der Waals surface area contributed by atoms with E-state index in [1.165, 1.54) is 19.3 Å². The molecule has 5 nitrogen and oxygen atoms in total. The second-order valence-electron chi connectivity index (χ2n) is 6.87. The van der Waals surface area contributed by atoms with Crippen LogP contribution >= 0.6 is 0 Å². The Hall–Kier alpha value is -2.69. The van der Waals surface area contributed by atoms with E-state index in [1.807, 2.05) is 24.4 Å². The highest BCUT2D eigenvalue weighted by molar-refractivity contribution is 5.82. The quantitative estimate of drug-likeness (QED) is 0.724. The second kappa shape index (κ2) is 7.68. The third kappa shape index (κ3) is 3.77. The number of pyridine rings is 1. The van der Waals surface area contributed by atoms with E-state index in [4.69, 9.17) is 9.97 Å². The van der Waals surface area contributed by atoms with E-state index in [2.05, 4.69) is 40.3 Å². The van der Waals surface area contributed by atoms with E-state index in [-0.39, 0.29) is 0 Å². The molecule has 0 saturated carbocycles. The summed E-state index contributed by atoms with van der Waals surface area (Å²) in [5, 5.41) is 4.51. The Bertz CT molecular complexity index is 886. The fourth-order valence-electron chi connectivity index (χ4n) is 3.49. The molecule has 0 aliphatic carbocycles. The first-order valence-electron chi connectivity index (χ1n) is 9.56. The van der Waals surface area contributed by atoms with Crippen molar-refractivity contribution in [1.82, 2.24) is 15.0 Å². The van der Waals surface area contributed by atoms with Crippen LogP contribution in [0.3, 0.4) is 0 Å². The molecule has 4 rings (SSSR count). The van der Waals surface area contributed by atoms with E-state index in [0.29, 0.717) is 5.95 Å². The third-order valence-corrected chi connectivity index (χ3v) is 4.81. The van der Waals surface area contributed by atoms with Crippen LogP contribution in [0.1, 0.15) is 38.3 Å². The minimum atomic E-state index is 0.680.